The Hall–Kier alpha value is -3.72. The van der Waals surface area contributed by atoms with Gasteiger partial charge in [-0.15, -0.1) is 0 Å². The van der Waals surface area contributed by atoms with Crippen LogP contribution in [0.5, 0.6) is 0 Å². The van der Waals surface area contributed by atoms with E-state index in [4.69, 9.17) is 12.2 Å². The van der Waals surface area contributed by atoms with Gasteiger partial charge in [0.25, 0.3) is 0 Å². The molecule has 1 saturated heterocycles. The molecule has 1 aromatic carbocycles. The predicted octanol–water partition coefficient (Wildman–Crippen LogP) is 5.46. The summed E-state index contributed by atoms with van der Waals surface area (Å²) in [7, 11) is 0. The lowest BCUT2D eigenvalue weighted by atomic mass is 10.0. The quantitative estimate of drug-likeness (QED) is 0.385. The second kappa shape index (κ2) is 8.90. The molecule has 9 heteroatoms. The van der Waals surface area contributed by atoms with Crippen LogP contribution in [-0.4, -0.2) is 24.5 Å². The van der Waals surface area contributed by atoms with Crippen LogP contribution in [-0.2, 0) is 12.7 Å². The zero-order chi connectivity index (χ0) is 23.7. The highest BCUT2D eigenvalue weighted by molar-refractivity contribution is 7.80. The SMILES string of the molecule is FC(F)(F)c1cccc(-n2cccc2[C@@H]2[C@H](c3ccccn3)NC(=S)N2Cc2ccncc2)c1. The van der Waals surface area contributed by atoms with Gasteiger partial charge in [0.1, 0.15) is 0 Å². The van der Waals surface area contributed by atoms with Crippen molar-refractivity contribution >= 4 is 17.3 Å². The van der Waals surface area contributed by atoms with E-state index in [1.165, 1.54) is 6.07 Å². The third-order valence-corrected chi connectivity index (χ3v) is 6.19. The molecule has 4 heterocycles. The summed E-state index contributed by atoms with van der Waals surface area (Å²) in [6.07, 6.45) is 2.50. The molecular weight excluding hydrogens is 459 g/mol. The standard InChI is InChI=1S/C25H20F3N5S/c26-25(27,28)18-5-3-6-19(15-18)32-14-4-8-21(32)23-22(20-7-1-2-11-30-20)31-24(34)33(23)16-17-9-12-29-13-10-17/h1-15,22-23H,16H2,(H,31,34)/t22-,23+/m0/s1. The van der Waals surface area contributed by atoms with Crippen molar-refractivity contribution in [3.8, 4) is 5.69 Å². The molecule has 0 unspecified atom stereocenters. The zero-order valence-electron chi connectivity index (χ0n) is 17.9. The Labute approximate surface area is 199 Å². The van der Waals surface area contributed by atoms with E-state index in [2.05, 4.69) is 15.3 Å². The van der Waals surface area contributed by atoms with E-state index in [9.17, 15) is 13.2 Å². The number of nitrogens with one attached hydrogen (secondary N) is 1. The monoisotopic (exact) mass is 479 g/mol. The molecule has 5 nitrogen and oxygen atoms in total. The molecule has 0 saturated carbocycles. The molecule has 0 radical (unpaired) electrons. The minimum absolute atomic E-state index is 0.282. The number of hydrogen-bond acceptors (Lipinski definition) is 3. The van der Waals surface area contributed by atoms with Gasteiger partial charge in [0.2, 0.25) is 0 Å². The highest BCUT2D eigenvalue weighted by Crippen LogP contribution is 2.40. The summed E-state index contributed by atoms with van der Waals surface area (Å²) < 4.78 is 42.0. The van der Waals surface area contributed by atoms with Crippen LogP contribution in [0.2, 0.25) is 0 Å². The lowest BCUT2D eigenvalue weighted by Crippen LogP contribution is -2.30. The van der Waals surface area contributed by atoms with Crippen molar-refractivity contribution in [2.75, 3.05) is 0 Å². The van der Waals surface area contributed by atoms with E-state index < -0.39 is 11.7 Å². The Balaban J connectivity index is 1.60. The molecule has 34 heavy (non-hydrogen) atoms. The van der Waals surface area contributed by atoms with Crippen LogP contribution in [0.25, 0.3) is 5.69 Å². The first kappa shape index (κ1) is 22.1. The number of pyridine rings is 2. The van der Waals surface area contributed by atoms with Crippen molar-refractivity contribution in [1.29, 1.82) is 0 Å². The molecule has 1 aliphatic heterocycles. The molecule has 1 N–H and O–H groups in total. The van der Waals surface area contributed by atoms with E-state index in [0.717, 1.165) is 29.1 Å². The number of hydrogen-bond donors (Lipinski definition) is 1. The molecule has 172 valence electrons. The molecule has 1 aliphatic rings. The fraction of sp³-hybridized carbons (Fsp3) is 0.160. The first-order valence-corrected chi connectivity index (χ1v) is 11.0. The summed E-state index contributed by atoms with van der Waals surface area (Å²) in [5.41, 5.74) is 2.35. The minimum atomic E-state index is -4.43. The van der Waals surface area contributed by atoms with Gasteiger partial charge in [0, 0.05) is 42.7 Å². The maximum Gasteiger partial charge on any atom is 0.416 e. The average molecular weight is 480 g/mol. The van der Waals surface area contributed by atoms with Gasteiger partial charge in [-0.05, 0) is 72.4 Å². The lowest BCUT2D eigenvalue weighted by Gasteiger charge is -2.29. The summed E-state index contributed by atoms with van der Waals surface area (Å²) in [5.74, 6) is 0. The second-order valence-corrected chi connectivity index (χ2v) is 8.35. The summed E-state index contributed by atoms with van der Waals surface area (Å²) in [6.45, 7) is 0.510. The lowest BCUT2D eigenvalue weighted by molar-refractivity contribution is -0.137. The summed E-state index contributed by atoms with van der Waals surface area (Å²) >= 11 is 5.71. The number of halogens is 3. The summed E-state index contributed by atoms with van der Waals surface area (Å²) in [5, 5.41) is 3.93. The van der Waals surface area contributed by atoms with Crippen molar-refractivity contribution in [1.82, 2.24) is 24.8 Å². The normalized spacial score (nSPS) is 18.2. The first-order valence-electron chi connectivity index (χ1n) is 10.6. The van der Waals surface area contributed by atoms with Gasteiger partial charge < -0.3 is 14.8 Å². The Kier molecular flexibility index (Phi) is 5.79. The van der Waals surface area contributed by atoms with Gasteiger partial charge in [-0.1, -0.05) is 12.1 Å². The number of nitrogens with zero attached hydrogens (tertiary/aromatic N) is 4. The highest BCUT2D eigenvalue weighted by Gasteiger charge is 2.41. The van der Waals surface area contributed by atoms with Crippen molar-refractivity contribution in [3.05, 3.63) is 114 Å². The van der Waals surface area contributed by atoms with Crippen molar-refractivity contribution in [3.63, 3.8) is 0 Å². The molecule has 0 aliphatic carbocycles. The number of benzene rings is 1. The minimum Gasteiger partial charge on any atom is -0.352 e. The Morgan fingerprint density at radius 3 is 2.50 bits per heavy atom. The van der Waals surface area contributed by atoms with Gasteiger partial charge in [-0.3, -0.25) is 9.97 Å². The molecule has 0 bridgehead atoms. The van der Waals surface area contributed by atoms with Crippen LogP contribution in [0.4, 0.5) is 13.2 Å². The summed E-state index contributed by atoms with van der Waals surface area (Å²) in [6, 6.07) is 18.0. The van der Waals surface area contributed by atoms with Gasteiger partial charge in [-0.25, -0.2) is 0 Å². The maximum absolute atomic E-state index is 13.4. The second-order valence-electron chi connectivity index (χ2n) is 7.96. The molecule has 2 atom stereocenters. The number of aromatic nitrogens is 3. The number of thiocarbonyl (C=S) groups is 1. The summed E-state index contributed by atoms with van der Waals surface area (Å²) in [4.78, 5) is 10.7. The molecule has 1 fully saturated rings. The first-order chi connectivity index (χ1) is 16.4. The van der Waals surface area contributed by atoms with E-state index in [1.807, 2.05) is 47.4 Å². The highest BCUT2D eigenvalue weighted by atomic mass is 32.1. The van der Waals surface area contributed by atoms with Gasteiger partial charge >= 0.3 is 6.18 Å². The van der Waals surface area contributed by atoms with Crippen LogP contribution in [0.1, 0.15) is 34.6 Å². The van der Waals surface area contributed by atoms with Gasteiger partial charge in [0.15, 0.2) is 5.11 Å². The van der Waals surface area contributed by atoms with E-state index in [-0.39, 0.29) is 12.1 Å². The van der Waals surface area contributed by atoms with Crippen LogP contribution in [0.3, 0.4) is 0 Å². The third kappa shape index (κ3) is 4.26. The van der Waals surface area contributed by atoms with E-state index in [1.54, 1.807) is 35.4 Å². The fourth-order valence-corrected chi connectivity index (χ4v) is 4.59. The van der Waals surface area contributed by atoms with Crippen molar-refractivity contribution < 1.29 is 13.2 Å². The Bertz CT molecular complexity index is 1290. The maximum atomic E-state index is 13.4. The molecule has 0 spiro atoms. The topological polar surface area (TPSA) is 46.0 Å². The third-order valence-electron chi connectivity index (χ3n) is 5.84. The Morgan fingerprint density at radius 2 is 1.76 bits per heavy atom. The number of rotatable bonds is 5. The van der Waals surface area contributed by atoms with Crippen molar-refractivity contribution in [2.24, 2.45) is 0 Å². The molecule has 3 aromatic heterocycles. The molecule has 4 aromatic rings. The van der Waals surface area contributed by atoms with E-state index in [0.29, 0.717) is 17.3 Å². The fourth-order valence-electron chi connectivity index (χ4n) is 4.28. The Morgan fingerprint density at radius 1 is 0.941 bits per heavy atom. The smallest absolute Gasteiger partial charge is 0.352 e. The molecule has 5 rings (SSSR count). The molecule has 0 amide bonds. The van der Waals surface area contributed by atoms with Crippen LogP contribution in [0.15, 0.2) is 91.5 Å². The van der Waals surface area contributed by atoms with Gasteiger partial charge in [0.05, 0.1) is 23.3 Å². The van der Waals surface area contributed by atoms with Crippen molar-refractivity contribution in [2.45, 2.75) is 24.8 Å². The van der Waals surface area contributed by atoms with Gasteiger partial charge in [-0.2, -0.15) is 13.2 Å². The average Bonchev–Trinajstić information content (AvgIpc) is 3.45. The van der Waals surface area contributed by atoms with Crippen LogP contribution in [0, 0.1) is 0 Å². The largest absolute Gasteiger partial charge is 0.416 e. The number of alkyl halides is 3. The van der Waals surface area contributed by atoms with E-state index >= 15 is 0 Å². The van der Waals surface area contributed by atoms with Crippen LogP contribution >= 0.6 is 12.2 Å². The van der Waals surface area contributed by atoms with Crippen LogP contribution < -0.4 is 5.32 Å². The predicted molar refractivity (Wildman–Crippen MR) is 126 cm³/mol. The zero-order valence-corrected chi connectivity index (χ0v) is 18.7. The molecular formula is C25H20F3N5S.